The number of aromatic nitrogens is 3. The van der Waals surface area contributed by atoms with Crippen molar-refractivity contribution in [1.29, 1.82) is 0 Å². The van der Waals surface area contributed by atoms with Gasteiger partial charge in [-0.1, -0.05) is 12.1 Å². The third kappa shape index (κ3) is 3.67. The molecule has 0 fully saturated rings. The standard InChI is InChI=1S/C17H18N4O4S/c1-3-25-15(23)8-11-10-26-16(18-11)19-14(22)9-21-13-7-5-4-6-12(13)20(2)17(21)24/h4-7,10H,3,8-9H2,1-2H3,(H,18,19,22). The van der Waals surface area contributed by atoms with E-state index in [1.54, 1.807) is 25.4 Å². The summed E-state index contributed by atoms with van der Waals surface area (Å²) in [4.78, 5) is 40.3. The zero-order valence-corrected chi connectivity index (χ0v) is 15.2. The van der Waals surface area contributed by atoms with E-state index in [1.165, 1.54) is 20.5 Å². The number of benzene rings is 1. The highest BCUT2D eigenvalue weighted by atomic mass is 32.1. The molecule has 0 spiro atoms. The monoisotopic (exact) mass is 374 g/mol. The van der Waals surface area contributed by atoms with Gasteiger partial charge in [0.15, 0.2) is 5.13 Å². The molecule has 3 rings (SSSR count). The maximum atomic E-state index is 12.3. The summed E-state index contributed by atoms with van der Waals surface area (Å²) in [6.07, 6.45) is 0.0585. The molecule has 9 heteroatoms. The Balaban J connectivity index is 1.71. The van der Waals surface area contributed by atoms with E-state index in [1.807, 2.05) is 18.2 Å². The third-order valence-electron chi connectivity index (χ3n) is 3.78. The van der Waals surface area contributed by atoms with Gasteiger partial charge >= 0.3 is 11.7 Å². The Hall–Kier alpha value is -2.94. The van der Waals surface area contributed by atoms with Crippen molar-refractivity contribution in [2.24, 2.45) is 7.05 Å². The number of carbonyl (C=O) groups is 2. The minimum absolute atomic E-state index is 0.0585. The summed E-state index contributed by atoms with van der Waals surface area (Å²) in [5.74, 6) is -0.724. The Bertz CT molecular complexity index is 1020. The first-order valence-electron chi connectivity index (χ1n) is 8.03. The number of rotatable bonds is 6. The number of nitrogens with one attached hydrogen (secondary N) is 1. The zero-order valence-electron chi connectivity index (χ0n) is 14.4. The Labute approximate surface area is 153 Å². The van der Waals surface area contributed by atoms with E-state index in [2.05, 4.69) is 10.3 Å². The van der Waals surface area contributed by atoms with Crippen LogP contribution in [0.1, 0.15) is 12.6 Å². The molecule has 0 bridgehead atoms. The number of carbonyl (C=O) groups excluding carboxylic acids is 2. The maximum Gasteiger partial charge on any atom is 0.329 e. The van der Waals surface area contributed by atoms with Crippen molar-refractivity contribution < 1.29 is 14.3 Å². The van der Waals surface area contributed by atoms with Gasteiger partial charge in [0.2, 0.25) is 5.91 Å². The van der Waals surface area contributed by atoms with E-state index in [9.17, 15) is 14.4 Å². The second-order valence-corrected chi connectivity index (χ2v) is 6.45. The number of hydrogen-bond donors (Lipinski definition) is 1. The summed E-state index contributed by atoms with van der Waals surface area (Å²) in [6.45, 7) is 1.93. The minimum atomic E-state index is -0.363. The normalized spacial score (nSPS) is 10.8. The Kier molecular flexibility index (Phi) is 5.17. The van der Waals surface area contributed by atoms with Crippen LogP contribution < -0.4 is 11.0 Å². The predicted molar refractivity (Wildman–Crippen MR) is 98.3 cm³/mol. The van der Waals surface area contributed by atoms with Crippen LogP contribution in [0.3, 0.4) is 0 Å². The first-order chi connectivity index (χ1) is 12.5. The molecular weight excluding hydrogens is 356 g/mol. The predicted octanol–water partition coefficient (Wildman–Crippen LogP) is 1.54. The summed E-state index contributed by atoms with van der Waals surface area (Å²) < 4.78 is 7.79. The fourth-order valence-corrected chi connectivity index (χ4v) is 3.35. The van der Waals surface area contributed by atoms with Gasteiger partial charge in [0.1, 0.15) is 6.54 Å². The maximum absolute atomic E-state index is 12.3. The van der Waals surface area contributed by atoms with Crippen molar-refractivity contribution in [3.8, 4) is 0 Å². The molecule has 0 aliphatic rings. The Morgan fingerprint density at radius 3 is 2.73 bits per heavy atom. The average Bonchev–Trinajstić information content (AvgIpc) is 3.13. The second-order valence-electron chi connectivity index (χ2n) is 5.59. The van der Waals surface area contributed by atoms with Crippen molar-refractivity contribution in [1.82, 2.24) is 14.1 Å². The van der Waals surface area contributed by atoms with Gasteiger partial charge in [-0.2, -0.15) is 0 Å². The molecule has 8 nitrogen and oxygen atoms in total. The number of nitrogens with zero attached hydrogens (tertiary/aromatic N) is 3. The van der Waals surface area contributed by atoms with Crippen molar-refractivity contribution >= 4 is 39.4 Å². The van der Waals surface area contributed by atoms with E-state index < -0.39 is 0 Å². The molecule has 0 unspecified atom stereocenters. The molecule has 0 saturated carbocycles. The highest BCUT2D eigenvalue weighted by molar-refractivity contribution is 7.13. The van der Waals surface area contributed by atoms with Crippen LogP contribution in [0.25, 0.3) is 11.0 Å². The second kappa shape index (κ2) is 7.52. The van der Waals surface area contributed by atoms with Crippen LogP contribution in [0, 0.1) is 0 Å². The SMILES string of the molecule is CCOC(=O)Cc1csc(NC(=O)Cn2c(=O)n(C)c3ccccc32)n1. The topological polar surface area (TPSA) is 95.2 Å². The zero-order chi connectivity index (χ0) is 18.7. The lowest BCUT2D eigenvalue weighted by atomic mass is 10.3. The molecular formula is C17H18N4O4S. The molecule has 0 saturated heterocycles. The number of para-hydroxylation sites is 2. The largest absolute Gasteiger partial charge is 0.466 e. The van der Waals surface area contributed by atoms with Gasteiger partial charge in [-0.3, -0.25) is 18.7 Å². The lowest BCUT2D eigenvalue weighted by Crippen LogP contribution is -2.28. The van der Waals surface area contributed by atoms with Gasteiger partial charge in [-0.05, 0) is 19.1 Å². The van der Waals surface area contributed by atoms with Crippen LogP contribution in [-0.4, -0.2) is 32.6 Å². The highest BCUT2D eigenvalue weighted by Gasteiger charge is 2.15. The van der Waals surface area contributed by atoms with Gasteiger partial charge in [0.25, 0.3) is 0 Å². The van der Waals surface area contributed by atoms with Gasteiger partial charge < -0.3 is 10.1 Å². The van der Waals surface area contributed by atoms with E-state index in [0.717, 1.165) is 5.52 Å². The van der Waals surface area contributed by atoms with Gasteiger partial charge in [-0.25, -0.2) is 9.78 Å². The first kappa shape index (κ1) is 17.9. The van der Waals surface area contributed by atoms with Crippen molar-refractivity contribution in [3.05, 3.63) is 45.8 Å². The van der Waals surface area contributed by atoms with Gasteiger partial charge in [0.05, 0.1) is 29.8 Å². The molecule has 2 aromatic heterocycles. The van der Waals surface area contributed by atoms with Crippen LogP contribution in [0.15, 0.2) is 34.4 Å². The quantitative estimate of drug-likeness (QED) is 0.661. The van der Waals surface area contributed by atoms with Crippen molar-refractivity contribution in [2.45, 2.75) is 19.9 Å². The molecule has 0 atom stereocenters. The molecule has 0 aliphatic carbocycles. The molecule has 0 radical (unpaired) electrons. The first-order valence-corrected chi connectivity index (χ1v) is 8.91. The number of thiazole rings is 1. The van der Waals surface area contributed by atoms with Crippen LogP contribution in [0.2, 0.25) is 0 Å². The summed E-state index contributed by atoms with van der Waals surface area (Å²) in [7, 11) is 1.67. The number of amides is 1. The number of aryl methyl sites for hydroxylation is 1. The summed E-state index contributed by atoms with van der Waals surface area (Å²) in [5, 5.41) is 4.73. The third-order valence-corrected chi connectivity index (χ3v) is 4.59. The molecule has 1 aromatic carbocycles. The Morgan fingerprint density at radius 2 is 2.00 bits per heavy atom. The number of hydrogen-bond acceptors (Lipinski definition) is 6. The molecule has 3 aromatic rings. The van der Waals surface area contributed by atoms with Crippen LogP contribution in [0.5, 0.6) is 0 Å². The summed E-state index contributed by atoms with van der Waals surface area (Å²) >= 11 is 1.22. The number of imidazole rings is 1. The van der Waals surface area contributed by atoms with Crippen LogP contribution in [0.4, 0.5) is 5.13 Å². The number of ether oxygens (including phenoxy) is 1. The lowest BCUT2D eigenvalue weighted by Gasteiger charge is -2.03. The smallest absolute Gasteiger partial charge is 0.329 e. The molecule has 1 N–H and O–H groups in total. The number of anilines is 1. The van der Waals surface area contributed by atoms with E-state index >= 15 is 0 Å². The average molecular weight is 374 g/mol. The number of fused-ring (bicyclic) bond motifs is 1. The summed E-state index contributed by atoms with van der Waals surface area (Å²) in [5.41, 5.74) is 1.73. The van der Waals surface area contributed by atoms with E-state index in [0.29, 0.717) is 22.9 Å². The molecule has 2 heterocycles. The fraction of sp³-hybridized carbons (Fsp3) is 0.294. The molecule has 26 heavy (non-hydrogen) atoms. The summed E-state index contributed by atoms with van der Waals surface area (Å²) in [6, 6.07) is 7.28. The Morgan fingerprint density at radius 1 is 1.27 bits per heavy atom. The van der Waals surface area contributed by atoms with Crippen LogP contribution >= 0.6 is 11.3 Å². The molecule has 136 valence electrons. The minimum Gasteiger partial charge on any atom is -0.466 e. The molecule has 1 amide bonds. The van der Waals surface area contributed by atoms with E-state index in [4.69, 9.17) is 4.74 Å². The highest BCUT2D eigenvalue weighted by Crippen LogP contribution is 2.17. The van der Waals surface area contributed by atoms with Gasteiger partial charge in [-0.15, -0.1) is 11.3 Å². The van der Waals surface area contributed by atoms with Crippen molar-refractivity contribution in [2.75, 3.05) is 11.9 Å². The van der Waals surface area contributed by atoms with E-state index in [-0.39, 0.29) is 30.5 Å². The molecule has 0 aliphatic heterocycles. The lowest BCUT2D eigenvalue weighted by molar-refractivity contribution is -0.142. The number of esters is 1. The van der Waals surface area contributed by atoms with Crippen LogP contribution in [-0.2, 0) is 34.3 Å². The van der Waals surface area contributed by atoms with Gasteiger partial charge in [0, 0.05) is 12.4 Å². The fourth-order valence-electron chi connectivity index (χ4n) is 2.62. The van der Waals surface area contributed by atoms with Crippen molar-refractivity contribution in [3.63, 3.8) is 0 Å².